The van der Waals surface area contributed by atoms with E-state index in [9.17, 15) is 14.9 Å². The fraction of sp³-hybridized carbons (Fsp3) is 0.174. The Morgan fingerprint density at radius 1 is 1.17 bits per heavy atom. The van der Waals surface area contributed by atoms with Crippen molar-refractivity contribution in [1.29, 1.82) is 5.26 Å². The predicted octanol–water partition coefficient (Wildman–Crippen LogP) is 3.52. The maximum absolute atomic E-state index is 12.4. The molecule has 7 nitrogen and oxygen atoms in total. The maximum atomic E-state index is 12.4. The standard InChI is InChI=1S/C23H20N2O5/c1-25(2)18-6-4-15(5-7-18)10-16(13-24)23(27)29-14-17-11-22(26)30-21-12-19(28-3)8-9-20(17)21/h4-12H,14H2,1-3H3/b16-10+. The monoisotopic (exact) mass is 404 g/mol. The predicted molar refractivity (Wildman–Crippen MR) is 113 cm³/mol. The molecule has 0 atom stereocenters. The summed E-state index contributed by atoms with van der Waals surface area (Å²) in [5.41, 5.74) is 1.79. The van der Waals surface area contributed by atoms with Crippen molar-refractivity contribution >= 4 is 28.7 Å². The van der Waals surface area contributed by atoms with Crippen molar-refractivity contribution in [3.63, 3.8) is 0 Å². The molecule has 152 valence electrons. The molecule has 0 saturated heterocycles. The first-order chi connectivity index (χ1) is 14.4. The summed E-state index contributed by atoms with van der Waals surface area (Å²) in [5.74, 6) is -0.237. The number of carbonyl (C=O) groups excluding carboxylic acids is 1. The minimum absolute atomic E-state index is 0.137. The zero-order chi connectivity index (χ0) is 21.7. The van der Waals surface area contributed by atoms with Crippen LogP contribution in [0.2, 0.25) is 0 Å². The van der Waals surface area contributed by atoms with E-state index in [1.54, 1.807) is 18.2 Å². The van der Waals surface area contributed by atoms with Gasteiger partial charge in [0, 0.05) is 42.9 Å². The second kappa shape index (κ2) is 8.97. The average molecular weight is 404 g/mol. The van der Waals surface area contributed by atoms with E-state index in [4.69, 9.17) is 13.9 Å². The number of methoxy groups -OCH3 is 1. The van der Waals surface area contributed by atoms with Crippen LogP contribution in [-0.4, -0.2) is 27.2 Å². The third-order valence-corrected chi connectivity index (χ3v) is 4.46. The number of benzene rings is 2. The SMILES string of the molecule is COc1ccc2c(COC(=O)/C(C#N)=C/c3ccc(N(C)C)cc3)cc(=O)oc2c1. The first-order valence-corrected chi connectivity index (χ1v) is 9.08. The summed E-state index contributed by atoms with van der Waals surface area (Å²) in [7, 11) is 5.36. The summed E-state index contributed by atoms with van der Waals surface area (Å²) in [6.45, 7) is -0.175. The van der Waals surface area contributed by atoms with Gasteiger partial charge >= 0.3 is 11.6 Å². The van der Waals surface area contributed by atoms with Gasteiger partial charge in [0.15, 0.2) is 0 Å². The Labute approximate surface area is 173 Å². The lowest BCUT2D eigenvalue weighted by Crippen LogP contribution is -2.09. The highest BCUT2D eigenvalue weighted by atomic mass is 16.5. The van der Waals surface area contributed by atoms with Crippen LogP contribution < -0.4 is 15.3 Å². The lowest BCUT2D eigenvalue weighted by Gasteiger charge is -2.12. The largest absolute Gasteiger partial charge is 0.497 e. The van der Waals surface area contributed by atoms with Crippen LogP contribution in [0, 0.1) is 11.3 Å². The number of hydrogen-bond acceptors (Lipinski definition) is 7. The van der Waals surface area contributed by atoms with Crippen molar-refractivity contribution in [2.45, 2.75) is 6.61 Å². The van der Waals surface area contributed by atoms with Crippen LogP contribution >= 0.6 is 0 Å². The highest BCUT2D eigenvalue weighted by Crippen LogP contribution is 2.23. The zero-order valence-electron chi connectivity index (χ0n) is 16.8. The van der Waals surface area contributed by atoms with Crippen molar-refractivity contribution in [2.75, 3.05) is 26.1 Å². The van der Waals surface area contributed by atoms with Crippen LogP contribution in [0.15, 0.2) is 63.3 Å². The summed E-state index contributed by atoms with van der Waals surface area (Å²) in [4.78, 5) is 26.2. The molecule has 3 rings (SSSR count). The molecule has 7 heteroatoms. The van der Waals surface area contributed by atoms with Crippen LogP contribution in [0.3, 0.4) is 0 Å². The second-order valence-corrected chi connectivity index (χ2v) is 6.68. The van der Waals surface area contributed by atoms with Crippen molar-refractivity contribution in [3.05, 3.63) is 75.7 Å². The highest BCUT2D eigenvalue weighted by molar-refractivity contribution is 5.98. The van der Waals surface area contributed by atoms with Gasteiger partial charge in [0.25, 0.3) is 0 Å². The zero-order valence-corrected chi connectivity index (χ0v) is 16.8. The van der Waals surface area contributed by atoms with Gasteiger partial charge in [0.1, 0.15) is 29.6 Å². The normalized spacial score (nSPS) is 11.1. The summed E-state index contributed by atoms with van der Waals surface area (Å²) < 4.78 is 15.6. The minimum Gasteiger partial charge on any atom is -0.497 e. The molecule has 0 fully saturated rings. The number of nitriles is 1. The number of carbonyl (C=O) groups is 1. The molecule has 1 aromatic heterocycles. The van der Waals surface area contributed by atoms with Gasteiger partial charge in [-0.2, -0.15) is 5.26 Å². The molecule has 0 unspecified atom stereocenters. The molecule has 0 bridgehead atoms. The van der Waals surface area contributed by atoms with E-state index in [1.165, 1.54) is 19.3 Å². The summed E-state index contributed by atoms with van der Waals surface area (Å²) in [6, 6.07) is 15.5. The van der Waals surface area contributed by atoms with E-state index in [1.807, 2.05) is 49.3 Å². The van der Waals surface area contributed by atoms with Crippen LogP contribution in [0.25, 0.3) is 17.0 Å². The quantitative estimate of drug-likeness (QED) is 0.269. The third-order valence-electron chi connectivity index (χ3n) is 4.46. The van der Waals surface area contributed by atoms with Gasteiger partial charge in [-0.05, 0) is 35.9 Å². The summed E-state index contributed by atoms with van der Waals surface area (Å²) in [5, 5.41) is 9.98. The first kappa shape index (κ1) is 20.7. The molecule has 1 heterocycles. The van der Waals surface area contributed by atoms with Gasteiger partial charge in [0.05, 0.1) is 7.11 Å². The molecule has 0 saturated carbocycles. The molecule has 0 spiro atoms. The molecule has 2 aromatic carbocycles. The lowest BCUT2D eigenvalue weighted by molar-refractivity contribution is -0.139. The van der Waals surface area contributed by atoms with Crippen LogP contribution in [0.1, 0.15) is 11.1 Å². The second-order valence-electron chi connectivity index (χ2n) is 6.68. The number of fused-ring (bicyclic) bond motifs is 1. The van der Waals surface area contributed by atoms with Gasteiger partial charge in [-0.15, -0.1) is 0 Å². The number of anilines is 1. The van der Waals surface area contributed by atoms with Crippen molar-refractivity contribution in [2.24, 2.45) is 0 Å². The molecule has 0 radical (unpaired) electrons. The minimum atomic E-state index is -0.774. The number of nitrogens with zero attached hydrogens (tertiary/aromatic N) is 2. The molecule has 0 aliphatic rings. The maximum Gasteiger partial charge on any atom is 0.349 e. The van der Waals surface area contributed by atoms with Gasteiger partial charge < -0.3 is 18.8 Å². The molecular formula is C23H20N2O5. The van der Waals surface area contributed by atoms with E-state index in [-0.39, 0.29) is 12.2 Å². The van der Waals surface area contributed by atoms with Crippen LogP contribution in [-0.2, 0) is 16.1 Å². The molecular weight excluding hydrogens is 384 g/mol. The van der Waals surface area contributed by atoms with E-state index < -0.39 is 11.6 Å². The molecule has 0 N–H and O–H groups in total. The van der Waals surface area contributed by atoms with Crippen molar-refractivity contribution in [3.8, 4) is 11.8 Å². The Morgan fingerprint density at radius 3 is 2.53 bits per heavy atom. The number of ether oxygens (including phenoxy) is 2. The van der Waals surface area contributed by atoms with E-state index >= 15 is 0 Å². The van der Waals surface area contributed by atoms with Gasteiger partial charge in [-0.25, -0.2) is 9.59 Å². The fourth-order valence-corrected chi connectivity index (χ4v) is 2.85. The molecule has 0 amide bonds. The number of esters is 1. The van der Waals surface area contributed by atoms with E-state index in [2.05, 4.69) is 0 Å². The number of rotatable bonds is 6. The topological polar surface area (TPSA) is 92.8 Å². The Balaban J connectivity index is 1.80. The van der Waals surface area contributed by atoms with Gasteiger partial charge in [-0.3, -0.25) is 0 Å². The van der Waals surface area contributed by atoms with Crippen molar-refractivity contribution < 1.29 is 18.7 Å². The molecule has 0 aliphatic heterocycles. The average Bonchev–Trinajstić information content (AvgIpc) is 2.75. The van der Waals surface area contributed by atoms with Crippen LogP contribution in [0.5, 0.6) is 5.75 Å². The van der Waals surface area contributed by atoms with Gasteiger partial charge in [0.2, 0.25) is 0 Å². The highest BCUT2D eigenvalue weighted by Gasteiger charge is 2.14. The smallest absolute Gasteiger partial charge is 0.349 e. The first-order valence-electron chi connectivity index (χ1n) is 9.08. The van der Waals surface area contributed by atoms with E-state index in [0.29, 0.717) is 27.8 Å². The Kier molecular flexibility index (Phi) is 6.18. The Bertz CT molecular complexity index is 1200. The molecule has 3 aromatic rings. The third kappa shape index (κ3) is 4.67. The Morgan fingerprint density at radius 2 is 1.90 bits per heavy atom. The van der Waals surface area contributed by atoms with Gasteiger partial charge in [-0.1, -0.05) is 12.1 Å². The molecule has 0 aliphatic carbocycles. The number of hydrogen-bond donors (Lipinski definition) is 0. The fourth-order valence-electron chi connectivity index (χ4n) is 2.85. The lowest BCUT2D eigenvalue weighted by atomic mass is 10.1. The van der Waals surface area contributed by atoms with E-state index in [0.717, 1.165) is 5.69 Å². The van der Waals surface area contributed by atoms with Crippen molar-refractivity contribution in [1.82, 2.24) is 0 Å². The summed E-state index contributed by atoms with van der Waals surface area (Å²) in [6.07, 6.45) is 1.46. The molecule has 30 heavy (non-hydrogen) atoms. The summed E-state index contributed by atoms with van der Waals surface area (Å²) >= 11 is 0. The Hall–Kier alpha value is -4.05. The van der Waals surface area contributed by atoms with Crippen LogP contribution in [0.4, 0.5) is 5.69 Å².